The van der Waals surface area contributed by atoms with E-state index in [0.717, 1.165) is 12.1 Å². The quantitative estimate of drug-likeness (QED) is 0.677. The Kier molecular flexibility index (Phi) is 5.49. The van der Waals surface area contributed by atoms with Crippen molar-refractivity contribution in [1.29, 1.82) is 0 Å². The lowest BCUT2D eigenvalue weighted by Gasteiger charge is -2.35. The largest absolute Gasteiger partial charge is 0.421 e. The number of hydrogen-bond donors (Lipinski definition) is 1. The number of anilines is 2. The molecule has 1 aliphatic rings. The molecule has 1 saturated heterocycles. The number of hydrogen-bond acceptors (Lipinski definition) is 6. The molecule has 2 aromatic heterocycles. The molecule has 1 N–H and O–H groups in total. The Balaban J connectivity index is 1.39. The van der Waals surface area contributed by atoms with Crippen molar-refractivity contribution in [2.24, 2.45) is 0 Å². The lowest BCUT2D eigenvalue weighted by Crippen LogP contribution is -2.50. The second kappa shape index (κ2) is 8.25. The number of pyridine rings is 1. The molecular weight excluding hydrogens is 413 g/mol. The monoisotopic (exact) mass is 432 g/mol. The number of aromatic nitrogens is 3. The zero-order valence-electron chi connectivity index (χ0n) is 16.6. The number of alkyl halides is 3. The highest BCUT2D eigenvalue weighted by molar-refractivity contribution is 5.89. The van der Waals surface area contributed by atoms with Gasteiger partial charge in [-0.15, -0.1) is 10.2 Å². The molecule has 2 amide bonds. The number of nitrogens with zero attached hydrogens (tertiary/aromatic N) is 5. The third-order valence-electron chi connectivity index (χ3n) is 4.87. The molecule has 0 atom stereocenters. The summed E-state index contributed by atoms with van der Waals surface area (Å²) in [6.45, 7) is 3.60. The van der Waals surface area contributed by atoms with Crippen molar-refractivity contribution in [2.45, 2.75) is 13.1 Å². The van der Waals surface area contributed by atoms with Crippen LogP contribution in [-0.4, -0.2) is 52.3 Å². The van der Waals surface area contributed by atoms with Crippen LogP contribution in [0.2, 0.25) is 0 Å². The minimum absolute atomic E-state index is 0.305. The lowest BCUT2D eigenvalue weighted by molar-refractivity contribution is -0.137. The van der Waals surface area contributed by atoms with Gasteiger partial charge in [0.2, 0.25) is 5.89 Å². The van der Waals surface area contributed by atoms with E-state index in [4.69, 9.17) is 4.42 Å². The van der Waals surface area contributed by atoms with Crippen molar-refractivity contribution < 1.29 is 22.4 Å². The summed E-state index contributed by atoms with van der Waals surface area (Å²) in [6.07, 6.45) is -2.74. The first-order chi connectivity index (χ1) is 14.8. The van der Waals surface area contributed by atoms with E-state index in [1.165, 1.54) is 12.1 Å². The zero-order valence-corrected chi connectivity index (χ0v) is 16.6. The molecule has 0 unspecified atom stereocenters. The fraction of sp³-hybridized carbons (Fsp3) is 0.300. The number of urea groups is 1. The average Bonchev–Trinajstić information content (AvgIpc) is 3.20. The molecule has 0 spiro atoms. The maximum atomic E-state index is 12.7. The molecule has 4 rings (SSSR count). The zero-order chi connectivity index (χ0) is 22.0. The summed E-state index contributed by atoms with van der Waals surface area (Å²) in [4.78, 5) is 20.6. The first-order valence-corrected chi connectivity index (χ1v) is 9.55. The molecule has 162 valence electrons. The molecule has 3 aromatic rings. The van der Waals surface area contributed by atoms with Crippen LogP contribution in [0.3, 0.4) is 0 Å². The van der Waals surface area contributed by atoms with Gasteiger partial charge in [-0.1, -0.05) is 0 Å². The maximum absolute atomic E-state index is 12.7. The number of aryl methyl sites for hydroxylation is 1. The Morgan fingerprint density at radius 2 is 1.77 bits per heavy atom. The molecule has 0 saturated carbocycles. The molecule has 1 aromatic carbocycles. The Bertz CT molecular complexity index is 1060. The number of carbonyl (C=O) groups excluding carboxylic acids is 1. The second-order valence-corrected chi connectivity index (χ2v) is 6.98. The van der Waals surface area contributed by atoms with Crippen LogP contribution in [0, 0.1) is 6.92 Å². The van der Waals surface area contributed by atoms with Crippen LogP contribution in [0.15, 0.2) is 47.0 Å². The van der Waals surface area contributed by atoms with Crippen molar-refractivity contribution >= 4 is 17.5 Å². The lowest BCUT2D eigenvalue weighted by atomic mass is 10.2. The van der Waals surface area contributed by atoms with Gasteiger partial charge in [0.05, 0.1) is 11.1 Å². The maximum Gasteiger partial charge on any atom is 0.416 e. The van der Waals surface area contributed by atoms with Gasteiger partial charge in [-0.2, -0.15) is 13.2 Å². The van der Waals surface area contributed by atoms with E-state index in [9.17, 15) is 18.0 Å². The molecule has 0 bridgehead atoms. The Morgan fingerprint density at radius 1 is 1.06 bits per heavy atom. The summed E-state index contributed by atoms with van der Waals surface area (Å²) in [7, 11) is 0. The third kappa shape index (κ3) is 4.60. The molecule has 0 radical (unpaired) electrons. The summed E-state index contributed by atoms with van der Waals surface area (Å²) < 4.78 is 43.5. The highest BCUT2D eigenvalue weighted by atomic mass is 19.4. The number of halogens is 3. The molecule has 1 aliphatic heterocycles. The normalized spacial score (nSPS) is 14.6. The Morgan fingerprint density at radius 3 is 2.39 bits per heavy atom. The van der Waals surface area contributed by atoms with Crippen LogP contribution in [0.1, 0.15) is 11.5 Å². The van der Waals surface area contributed by atoms with Gasteiger partial charge in [0, 0.05) is 45.0 Å². The summed E-state index contributed by atoms with van der Waals surface area (Å²) in [5, 5.41) is 10.5. The van der Waals surface area contributed by atoms with Gasteiger partial charge < -0.3 is 19.5 Å². The predicted octanol–water partition coefficient (Wildman–Crippen LogP) is 3.81. The van der Waals surface area contributed by atoms with Crippen LogP contribution >= 0.6 is 0 Å². The molecule has 11 heteroatoms. The van der Waals surface area contributed by atoms with Crippen LogP contribution in [0.5, 0.6) is 0 Å². The number of rotatable bonds is 3. The second-order valence-electron chi connectivity index (χ2n) is 6.98. The number of amides is 2. The van der Waals surface area contributed by atoms with Gasteiger partial charge in [0.15, 0.2) is 0 Å². The average molecular weight is 432 g/mol. The van der Waals surface area contributed by atoms with Gasteiger partial charge in [-0.05, 0) is 36.4 Å². The number of piperazine rings is 1. The van der Waals surface area contributed by atoms with E-state index in [0.29, 0.717) is 55.0 Å². The van der Waals surface area contributed by atoms with Gasteiger partial charge in [0.1, 0.15) is 5.82 Å². The van der Waals surface area contributed by atoms with Gasteiger partial charge in [0.25, 0.3) is 5.89 Å². The molecule has 1 fully saturated rings. The van der Waals surface area contributed by atoms with Crippen LogP contribution in [-0.2, 0) is 6.18 Å². The van der Waals surface area contributed by atoms with Crippen LogP contribution in [0.25, 0.3) is 11.5 Å². The highest BCUT2D eigenvalue weighted by Crippen LogP contribution is 2.30. The topological polar surface area (TPSA) is 87.4 Å². The van der Waals surface area contributed by atoms with Crippen molar-refractivity contribution in [3.63, 3.8) is 0 Å². The SMILES string of the molecule is Cc1nnc(-c2cccnc2N2CCN(C(=O)Nc3ccc(C(F)(F)F)cc3)CC2)o1. The minimum Gasteiger partial charge on any atom is -0.421 e. The van der Waals surface area contributed by atoms with Crippen molar-refractivity contribution in [2.75, 3.05) is 36.4 Å². The minimum atomic E-state index is -4.41. The van der Waals surface area contributed by atoms with Gasteiger partial charge in [-0.25, -0.2) is 9.78 Å². The summed E-state index contributed by atoms with van der Waals surface area (Å²) in [5.74, 6) is 1.52. The Labute approximate surface area is 175 Å². The summed E-state index contributed by atoms with van der Waals surface area (Å²) >= 11 is 0. The number of nitrogens with one attached hydrogen (secondary N) is 1. The van der Waals surface area contributed by atoms with E-state index in [1.54, 1.807) is 24.1 Å². The van der Waals surface area contributed by atoms with Crippen molar-refractivity contribution in [3.8, 4) is 11.5 Å². The van der Waals surface area contributed by atoms with E-state index in [2.05, 4.69) is 20.5 Å². The first kappa shape index (κ1) is 20.6. The van der Waals surface area contributed by atoms with E-state index < -0.39 is 11.7 Å². The van der Waals surface area contributed by atoms with Gasteiger partial charge in [-0.3, -0.25) is 0 Å². The molecule has 31 heavy (non-hydrogen) atoms. The highest BCUT2D eigenvalue weighted by Gasteiger charge is 2.30. The Hall–Kier alpha value is -3.63. The fourth-order valence-electron chi connectivity index (χ4n) is 3.29. The summed E-state index contributed by atoms with van der Waals surface area (Å²) in [5.41, 5.74) is 0.256. The number of carbonyl (C=O) groups is 1. The van der Waals surface area contributed by atoms with Crippen molar-refractivity contribution in [3.05, 3.63) is 54.0 Å². The molecular formula is C20H19F3N6O2. The smallest absolute Gasteiger partial charge is 0.416 e. The molecule has 8 nitrogen and oxygen atoms in total. The van der Waals surface area contributed by atoms with Crippen molar-refractivity contribution in [1.82, 2.24) is 20.1 Å². The first-order valence-electron chi connectivity index (χ1n) is 9.55. The summed E-state index contributed by atoms with van der Waals surface area (Å²) in [6, 6.07) is 7.62. The molecule has 3 heterocycles. The van der Waals surface area contributed by atoms with E-state index >= 15 is 0 Å². The van der Waals surface area contributed by atoms with E-state index in [-0.39, 0.29) is 6.03 Å². The van der Waals surface area contributed by atoms with Crippen LogP contribution < -0.4 is 10.2 Å². The number of benzene rings is 1. The molecule has 0 aliphatic carbocycles. The third-order valence-corrected chi connectivity index (χ3v) is 4.87. The van der Waals surface area contributed by atoms with Crippen LogP contribution in [0.4, 0.5) is 29.5 Å². The fourth-order valence-corrected chi connectivity index (χ4v) is 3.29. The van der Waals surface area contributed by atoms with E-state index in [1.807, 2.05) is 11.0 Å². The predicted molar refractivity (Wildman–Crippen MR) is 107 cm³/mol. The van der Waals surface area contributed by atoms with Gasteiger partial charge >= 0.3 is 12.2 Å². The standard InChI is InChI=1S/C20H19F3N6O2/c1-13-26-27-18(31-13)16-3-2-8-24-17(16)28-9-11-29(12-10-28)19(30)25-15-6-4-14(5-7-15)20(21,22)23/h2-8H,9-12H2,1H3,(H,25,30).